The zero-order valence-corrected chi connectivity index (χ0v) is 17.8. The predicted octanol–water partition coefficient (Wildman–Crippen LogP) is 4.27. The van der Waals surface area contributed by atoms with Crippen LogP contribution in [-0.4, -0.2) is 38.2 Å². The van der Waals surface area contributed by atoms with Crippen LogP contribution < -0.4 is 5.56 Å². The van der Waals surface area contributed by atoms with Gasteiger partial charge in [-0.25, -0.2) is 9.78 Å². The molecule has 0 spiro atoms. The van der Waals surface area contributed by atoms with Crippen molar-refractivity contribution >= 4 is 32.9 Å². The number of carboxylic acid groups (broad SMARTS) is 1. The Kier molecular flexibility index (Phi) is 5.34. The number of fused-ring (bicyclic) bond motifs is 1. The fraction of sp³-hybridized carbons (Fsp3) is 0.550. The maximum Gasteiger partial charge on any atom is 0.407 e. The molecule has 0 bridgehead atoms. The number of likely N-dealkylation sites (tertiary alicyclic amines) is 1. The van der Waals surface area contributed by atoms with Gasteiger partial charge in [0.25, 0.3) is 5.56 Å². The number of halogens is 1. The van der Waals surface area contributed by atoms with E-state index < -0.39 is 6.09 Å². The van der Waals surface area contributed by atoms with Crippen LogP contribution in [0.1, 0.15) is 39.4 Å². The standard InChI is InChI=1S/C20H26BrN3O3/c1-12-22-16-8-7-14(21)10-15(16)18(25)24(12)11-13-6-5-9-23(19(26)27)17(13)20(2,3)4/h7-8,10,13,17H,5-6,9,11H2,1-4H3,(H,26,27)/t13-,17?/m1/s1. The van der Waals surface area contributed by atoms with Crippen LogP contribution in [0, 0.1) is 18.3 Å². The maximum absolute atomic E-state index is 13.1. The summed E-state index contributed by atoms with van der Waals surface area (Å²) in [6.07, 6.45) is 0.821. The second-order valence-electron chi connectivity index (χ2n) is 8.43. The van der Waals surface area contributed by atoms with Gasteiger partial charge in [0.15, 0.2) is 0 Å². The summed E-state index contributed by atoms with van der Waals surface area (Å²) in [4.78, 5) is 31.1. The number of benzene rings is 1. The van der Waals surface area contributed by atoms with Gasteiger partial charge >= 0.3 is 6.09 Å². The summed E-state index contributed by atoms with van der Waals surface area (Å²) in [5.41, 5.74) is 0.396. The monoisotopic (exact) mass is 435 g/mol. The van der Waals surface area contributed by atoms with Crippen LogP contribution >= 0.6 is 15.9 Å². The van der Waals surface area contributed by atoms with Crippen LogP contribution in [0.25, 0.3) is 10.9 Å². The molecule has 1 aliphatic rings. The highest BCUT2D eigenvalue weighted by molar-refractivity contribution is 9.10. The Morgan fingerprint density at radius 2 is 2.07 bits per heavy atom. The maximum atomic E-state index is 13.1. The Bertz CT molecular complexity index is 932. The molecule has 1 amide bonds. The average Bonchev–Trinajstić information content (AvgIpc) is 2.58. The lowest BCUT2D eigenvalue weighted by Crippen LogP contribution is -2.55. The lowest BCUT2D eigenvalue weighted by atomic mass is 9.74. The van der Waals surface area contributed by atoms with E-state index in [4.69, 9.17) is 0 Å². The Balaban J connectivity index is 2.04. The van der Waals surface area contributed by atoms with E-state index in [1.54, 1.807) is 15.5 Å². The zero-order chi connectivity index (χ0) is 19.9. The highest BCUT2D eigenvalue weighted by Crippen LogP contribution is 2.37. The number of aryl methyl sites for hydroxylation is 1. The molecule has 1 aliphatic heterocycles. The van der Waals surface area contributed by atoms with Gasteiger partial charge in [0, 0.05) is 23.6 Å². The summed E-state index contributed by atoms with van der Waals surface area (Å²) in [5.74, 6) is 0.729. The van der Waals surface area contributed by atoms with Crippen LogP contribution in [0.3, 0.4) is 0 Å². The molecule has 1 aromatic carbocycles. The summed E-state index contributed by atoms with van der Waals surface area (Å²) in [6.45, 7) is 9.06. The van der Waals surface area contributed by atoms with E-state index in [1.165, 1.54) is 0 Å². The number of hydrogen-bond donors (Lipinski definition) is 1. The number of hydrogen-bond acceptors (Lipinski definition) is 3. The van der Waals surface area contributed by atoms with Crippen LogP contribution in [0.4, 0.5) is 4.79 Å². The van der Waals surface area contributed by atoms with Gasteiger partial charge in [-0.3, -0.25) is 9.36 Å². The van der Waals surface area contributed by atoms with E-state index in [9.17, 15) is 14.7 Å². The zero-order valence-electron chi connectivity index (χ0n) is 16.2. The summed E-state index contributed by atoms with van der Waals surface area (Å²) in [5, 5.41) is 10.3. The van der Waals surface area contributed by atoms with Gasteiger partial charge in [-0.2, -0.15) is 0 Å². The topological polar surface area (TPSA) is 75.4 Å². The first-order valence-corrected chi connectivity index (χ1v) is 10.0. The van der Waals surface area contributed by atoms with Gasteiger partial charge in [-0.1, -0.05) is 36.7 Å². The Labute approximate surface area is 167 Å². The SMILES string of the molecule is Cc1nc2ccc(Br)cc2c(=O)n1C[C@H]1CCCN(C(=O)O)C1C(C)(C)C. The van der Waals surface area contributed by atoms with E-state index in [0.29, 0.717) is 29.8 Å². The summed E-state index contributed by atoms with van der Waals surface area (Å²) >= 11 is 3.42. The number of amides is 1. The molecule has 146 valence electrons. The van der Waals surface area contributed by atoms with E-state index in [0.717, 1.165) is 17.3 Å². The molecule has 1 aromatic heterocycles. The van der Waals surface area contributed by atoms with Crippen molar-refractivity contribution in [1.29, 1.82) is 0 Å². The average molecular weight is 436 g/mol. The molecule has 1 saturated heterocycles. The third-order valence-corrected chi connectivity index (χ3v) is 5.91. The van der Waals surface area contributed by atoms with Crippen LogP contribution in [0.15, 0.2) is 27.5 Å². The van der Waals surface area contributed by atoms with Gasteiger partial charge < -0.3 is 10.0 Å². The quantitative estimate of drug-likeness (QED) is 0.763. The molecule has 1 N–H and O–H groups in total. The largest absolute Gasteiger partial charge is 0.465 e. The highest BCUT2D eigenvalue weighted by Gasteiger charge is 2.41. The van der Waals surface area contributed by atoms with E-state index in [2.05, 4.69) is 41.7 Å². The van der Waals surface area contributed by atoms with Crippen molar-refractivity contribution in [2.45, 2.75) is 53.1 Å². The molecule has 27 heavy (non-hydrogen) atoms. The van der Waals surface area contributed by atoms with Crippen molar-refractivity contribution in [2.75, 3.05) is 6.54 Å². The van der Waals surface area contributed by atoms with Crippen molar-refractivity contribution in [1.82, 2.24) is 14.5 Å². The fourth-order valence-electron chi connectivity index (χ4n) is 4.41. The first-order valence-electron chi connectivity index (χ1n) is 9.26. The number of piperidine rings is 1. The Hall–Kier alpha value is -1.89. The molecule has 2 atom stereocenters. The number of carbonyl (C=O) groups is 1. The van der Waals surface area contributed by atoms with Gasteiger partial charge in [0.05, 0.1) is 10.9 Å². The Morgan fingerprint density at radius 3 is 2.70 bits per heavy atom. The molecule has 2 aromatic rings. The molecule has 2 heterocycles. The molecule has 3 rings (SSSR count). The van der Waals surface area contributed by atoms with Crippen molar-refractivity contribution in [2.24, 2.45) is 11.3 Å². The van der Waals surface area contributed by atoms with Crippen molar-refractivity contribution in [3.63, 3.8) is 0 Å². The van der Waals surface area contributed by atoms with Gasteiger partial charge in [-0.15, -0.1) is 0 Å². The summed E-state index contributed by atoms with van der Waals surface area (Å²) in [6, 6.07) is 5.36. The molecular formula is C20H26BrN3O3. The predicted molar refractivity (Wildman–Crippen MR) is 109 cm³/mol. The summed E-state index contributed by atoms with van der Waals surface area (Å²) < 4.78 is 2.55. The summed E-state index contributed by atoms with van der Waals surface area (Å²) in [7, 11) is 0. The number of rotatable bonds is 2. The molecular weight excluding hydrogens is 410 g/mol. The van der Waals surface area contributed by atoms with Crippen LogP contribution in [0.2, 0.25) is 0 Å². The van der Waals surface area contributed by atoms with Crippen molar-refractivity contribution < 1.29 is 9.90 Å². The Morgan fingerprint density at radius 1 is 1.37 bits per heavy atom. The molecule has 1 unspecified atom stereocenters. The lowest BCUT2D eigenvalue weighted by molar-refractivity contribution is 0.0167. The van der Waals surface area contributed by atoms with Crippen molar-refractivity contribution in [3.8, 4) is 0 Å². The third-order valence-electron chi connectivity index (χ3n) is 5.41. The fourth-order valence-corrected chi connectivity index (χ4v) is 4.77. The number of aromatic nitrogens is 2. The number of nitrogens with zero attached hydrogens (tertiary/aromatic N) is 3. The molecule has 0 saturated carbocycles. The van der Waals surface area contributed by atoms with E-state index >= 15 is 0 Å². The van der Waals surface area contributed by atoms with Crippen LogP contribution in [-0.2, 0) is 6.54 Å². The molecule has 0 aliphatic carbocycles. The van der Waals surface area contributed by atoms with E-state index in [-0.39, 0.29) is 22.9 Å². The molecule has 7 heteroatoms. The lowest BCUT2D eigenvalue weighted by Gasteiger charge is -2.47. The van der Waals surface area contributed by atoms with Gasteiger partial charge in [-0.05, 0) is 49.3 Å². The van der Waals surface area contributed by atoms with E-state index in [1.807, 2.05) is 19.1 Å². The molecule has 0 radical (unpaired) electrons. The minimum atomic E-state index is -0.885. The minimum absolute atomic E-state index is 0.0673. The van der Waals surface area contributed by atoms with Gasteiger partial charge in [0.2, 0.25) is 0 Å². The normalized spacial score (nSPS) is 20.9. The third kappa shape index (κ3) is 3.88. The smallest absolute Gasteiger partial charge is 0.407 e. The minimum Gasteiger partial charge on any atom is -0.465 e. The molecule has 6 nitrogen and oxygen atoms in total. The van der Waals surface area contributed by atoms with Crippen LogP contribution in [0.5, 0.6) is 0 Å². The van der Waals surface area contributed by atoms with Crippen molar-refractivity contribution in [3.05, 3.63) is 38.9 Å². The first-order chi connectivity index (χ1) is 12.6. The van der Waals surface area contributed by atoms with Gasteiger partial charge in [0.1, 0.15) is 5.82 Å². The highest BCUT2D eigenvalue weighted by atomic mass is 79.9. The second-order valence-corrected chi connectivity index (χ2v) is 9.34. The first kappa shape index (κ1) is 19.9. The second kappa shape index (κ2) is 7.26. The molecule has 1 fully saturated rings.